The molecule has 0 atom stereocenters. The fraction of sp³-hybridized carbons (Fsp3) is 0.0667. The molecule has 2 N–H and O–H groups in total. The minimum absolute atomic E-state index is 0.00499. The number of para-hydroxylation sites is 1. The number of hydrogen-bond donors (Lipinski definition) is 2. The summed E-state index contributed by atoms with van der Waals surface area (Å²) < 4.78 is 42.5. The van der Waals surface area contributed by atoms with Gasteiger partial charge in [-0.15, -0.1) is 10.2 Å². The molecule has 0 fully saturated rings. The summed E-state index contributed by atoms with van der Waals surface area (Å²) >= 11 is 0.140. The van der Waals surface area contributed by atoms with Crippen LogP contribution >= 0.6 is 11.3 Å². The fourth-order valence-corrected chi connectivity index (χ4v) is 2.68. The normalized spacial score (nSPS) is 11.1. The topological polar surface area (TPSA) is 140 Å². The van der Waals surface area contributed by atoms with Crippen molar-refractivity contribution in [2.45, 2.75) is 6.18 Å². The van der Waals surface area contributed by atoms with E-state index < -0.39 is 33.8 Å². The van der Waals surface area contributed by atoms with Crippen molar-refractivity contribution in [3.05, 3.63) is 62.8 Å². The van der Waals surface area contributed by atoms with E-state index in [1.54, 1.807) is 0 Å². The summed E-state index contributed by atoms with van der Waals surface area (Å²) in [5, 5.41) is 19.7. The summed E-state index contributed by atoms with van der Waals surface area (Å²) in [7, 11) is 0. The van der Waals surface area contributed by atoms with Crippen LogP contribution in [0, 0.1) is 10.1 Å². The quantitative estimate of drug-likeness (QED) is 0.468. The maximum atomic E-state index is 12.6. The van der Waals surface area contributed by atoms with Gasteiger partial charge < -0.3 is 9.73 Å². The predicted octanol–water partition coefficient (Wildman–Crippen LogP) is 3.56. The molecule has 2 aromatic heterocycles. The van der Waals surface area contributed by atoms with Gasteiger partial charge in [-0.05, 0) is 18.2 Å². The molecule has 0 unspecified atom stereocenters. The van der Waals surface area contributed by atoms with E-state index in [1.165, 1.54) is 24.3 Å². The summed E-state index contributed by atoms with van der Waals surface area (Å²) in [5.41, 5.74) is -0.0970. The Labute approximate surface area is 162 Å². The highest BCUT2D eigenvalue weighted by atomic mass is 32.1. The molecule has 0 aliphatic carbocycles. The molecular formula is C15H8F3N5O5S. The number of nitrogens with zero attached hydrogens (tertiary/aromatic N) is 3. The van der Waals surface area contributed by atoms with Crippen molar-refractivity contribution in [1.82, 2.24) is 10.2 Å². The number of carbonyl (C=O) groups is 2. The maximum absolute atomic E-state index is 12.6. The van der Waals surface area contributed by atoms with Gasteiger partial charge in [-0.2, -0.15) is 13.2 Å². The molecule has 2 heterocycles. The third kappa shape index (κ3) is 4.55. The van der Waals surface area contributed by atoms with Gasteiger partial charge in [-0.1, -0.05) is 23.5 Å². The van der Waals surface area contributed by atoms with E-state index in [0.717, 1.165) is 12.1 Å². The number of furan rings is 1. The van der Waals surface area contributed by atoms with E-state index in [2.05, 4.69) is 20.8 Å². The molecule has 150 valence electrons. The average molecular weight is 427 g/mol. The first-order valence-electron chi connectivity index (χ1n) is 7.52. The van der Waals surface area contributed by atoms with Crippen LogP contribution in [0.5, 0.6) is 0 Å². The second-order valence-corrected chi connectivity index (χ2v) is 6.24. The molecule has 3 rings (SSSR count). The van der Waals surface area contributed by atoms with Gasteiger partial charge in [-0.3, -0.25) is 25.0 Å². The van der Waals surface area contributed by atoms with Crippen LogP contribution in [-0.2, 0) is 6.18 Å². The zero-order valence-corrected chi connectivity index (χ0v) is 14.7. The van der Waals surface area contributed by atoms with Crippen molar-refractivity contribution in [2.24, 2.45) is 0 Å². The first-order valence-corrected chi connectivity index (χ1v) is 8.33. The summed E-state index contributed by atoms with van der Waals surface area (Å²) in [5.74, 6) is -2.73. The van der Waals surface area contributed by atoms with E-state index >= 15 is 0 Å². The van der Waals surface area contributed by atoms with Crippen LogP contribution in [0.15, 0.2) is 40.8 Å². The lowest BCUT2D eigenvalue weighted by atomic mass is 10.1. The SMILES string of the molecule is O=C(Nc1ccccc1C(=O)Nc1nnc(C(F)(F)F)s1)c1ccc([N+](=O)[O-])o1. The van der Waals surface area contributed by atoms with E-state index in [4.69, 9.17) is 4.42 Å². The summed E-state index contributed by atoms with van der Waals surface area (Å²) in [6, 6.07) is 7.68. The molecule has 1 aromatic carbocycles. The van der Waals surface area contributed by atoms with Crippen molar-refractivity contribution < 1.29 is 32.1 Å². The van der Waals surface area contributed by atoms with Crippen molar-refractivity contribution in [3.63, 3.8) is 0 Å². The Hall–Kier alpha value is -3.81. The van der Waals surface area contributed by atoms with Gasteiger partial charge in [-0.25, -0.2) is 0 Å². The third-order valence-corrected chi connectivity index (χ3v) is 4.19. The molecule has 0 aliphatic heterocycles. The monoisotopic (exact) mass is 427 g/mol. The zero-order valence-electron chi connectivity index (χ0n) is 13.9. The van der Waals surface area contributed by atoms with Crippen molar-refractivity contribution in [1.29, 1.82) is 0 Å². The van der Waals surface area contributed by atoms with Crippen LogP contribution in [-0.4, -0.2) is 26.9 Å². The highest BCUT2D eigenvalue weighted by Crippen LogP contribution is 2.33. The molecule has 2 amide bonds. The molecule has 0 saturated carbocycles. The molecule has 14 heteroatoms. The fourth-order valence-electron chi connectivity index (χ4n) is 2.07. The van der Waals surface area contributed by atoms with Gasteiger partial charge in [0.15, 0.2) is 5.76 Å². The molecule has 0 spiro atoms. The van der Waals surface area contributed by atoms with Gasteiger partial charge in [0, 0.05) is 0 Å². The predicted molar refractivity (Wildman–Crippen MR) is 92.6 cm³/mol. The number of benzene rings is 1. The lowest BCUT2D eigenvalue weighted by molar-refractivity contribution is -0.402. The van der Waals surface area contributed by atoms with Gasteiger partial charge >= 0.3 is 12.1 Å². The third-order valence-electron chi connectivity index (χ3n) is 3.30. The molecule has 29 heavy (non-hydrogen) atoms. The number of hydrogen-bond acceptors (Lipinski definition) is 8. The Morgan fingerprint density at radius 3 is 2.41 bits per heavy atom. The van der Waals surface area contributed by atoms with Crippen LogP contribution in [0.4, 0.5) is 29.9 Å². The highest BCUT2D eigenvalue weighted by molar-refractivity contribution is 7.15. The zero-order chi connectivity index (χ0) is 21.2. The van der Waals surface area contributed by atoms with Crippen LogP contribution < -0.4 is 10.6 Å². The Bertz CT molecular complexity index is 1090. The van der Waals surface area contributed by atoms with Crippen molar-refractivity contribution in [2.75, 3.05) is 10.6 Å². The Morgan fingerprint density at radius 2 is 1.79 bits per heavy atom. The van der Waals surface area contributed by atoms with E-state index in [0.29, 0.717) is 0 Å². The number of carbonyl (C=O) groups excluding carboxylic acids is 2. The lowest BCUT2D eigenvalue weighted by Crippen LogP contribution is -2.18. The Kier molecular flexibility index (Phi) is 5.27. The number of nitrogens with one attached hydrogen (secondary N) is 2. The van der Waals surface area contributed by atoms with Gasteiger partial charge in [0.05, 0.1) is 17.3 Å². The standard InChI is InChI=1S/C15H8F3N5O5S/c16-15(17,18)13-21-22-14(29-13)20-11(24)7-3-1-2-4-8(7)19-12(25)9-5-6-10(28-9)23(26)27/h1-6H,(H,19,25)(H,20,22,24). The van der Waals surface area contributed by atoms with Crippen molar-refractivity contribution in [3.8, 4) is 0 Å². The number of amides is 2. The molecule has 10 nitrogen and oxygen atoms in total. The van der Waals surface area contributed by atoms with Crippen LogP contribution in [0.3, 0.4) is 0 Å². The van der Waals surface area contributed by atoms with Crippen LogP contribution in [0.1, 0.15) is 25.9 Å². The molecule has 0 radical (unpaired) electrons. The van der Waals surface area contributed by atoms with Crippen molar-refractivity contribution >= 4 is 39.9 Å². The smallest absolute Gasteiger partial charge is 0.395 e. The van der Waals surface area contributed by atoms with Crippen LogP contribution in [0.25, 0.3) is 0 Å². The summed E-state index contributed by atoms with van der Waals surface area (Å²) in [6.45, 7) is 0. The Balaban J connectivity index is 1.77. The lowest BCUT2D eigenvalue weighted by Gasteiger charge is -2.09. The molecule has 3 aromatic rings. The largest absolute Gasteiger partial charge is 0.445 e. The first kappa shape index (κ1) is 19.9. The molecular weight excluding hydrogens is 419 g/mol. The minimum Gasteiger partial charge on any atom is -0.395 e. The number of halogens is 3. The van der Waals surface area contributed by atoms with Crippen LogP contribution in [0.2, 0.25) is 0 Å². The average Bonchev–Trinajstić information content (AvgIpc) is 3.31. The summed E-state index contributed by atoms with van der Waals surface area (Å²) in [6.07, 6.45) is -4.70. The number of aromatic nitrogens is 2. The summed E-state index contributed by atoms with van der Waals surface area (Å²) in [4.78, 5) is 34.4. The minimum atomic E-state index is -4.70. The number of nitro groups is 1. The van der Waals surface area contributed by atoms with E-state index in [1.807, 2.05) is 0 Å². The second-order valence-electron chi connectivity index (χ2n) is 5.26. The number of anilines is 2. The number of rotatable bonds is 5. The van der Waals surface area contributed by atoms with E-state index in [-0.39, 0.29) is 33.5 Å². The molecule has 0 aliphatic rings. The van der Waals surface area contributed by atoms with Gasteiger partial charge in [0.2, 0.25) is 10.1 Å². The van der Waals surface area contributed by atoms with Gasteiger partial charge in [0.25, 0.3) is 11.8 Å². The molecule has 0 saturated heterocycles. The maximum Gasteiger partial charge on any atom is 0.445 e. The Morgan fingerprint density at radius 1 is 1.07 bits per heavy atom. The number of alkyl halides is 3. The second kappa shape index (κ2) is 7.67. The molecule has 0 bridgehead atoms. The van der Waals surface area contributed by atoms with Gasteiger partial charge in [0.1, 0.15) is 4.92 Å². The first-order chi connectivity index (χ1) is 13.6. The highest BCUT2D eigenvalue weighted by Gasteiger charge is 2.36. The van der Waals surface area contributed by atoms with E-state index in [9.17, 15) is 32.9 Å².